The monoisotopic (exact) mass is 405 g/mol. The van der Waals surface area contributed by atoms with Gasteiger partial charge in [-0.25, -0.2) is 4.98 Å². The summed E-state index contributed by atoms with van der Waals surface area (Å²) < 4.78 is 2.73. The molecule has 0 unspecified atom stereocenters. The van der Waals surface area contributed by atoms with Gasteiger partial charge in [0.1, 0.15) is 5.69 Å². The van der Waals surface area contributed by atoms with Gasteiger partial charge < -0.3 is 4.90 Å². The molecule has 0 atom stereocenters. The molecule has 3 aromatic rings. The van der Waals surface area contributed by atoms with Crippen LogP contribution in [0.2, 0.25) is 5.02 Å². The molecule has 6 nitrogen and oxygen atoms in total. The summed E-state index contributed by atoms with van der Waals surface area (Å²) in [5, 5.41) is 5.78. The summed E-state index contributed by atoms with van der Waals surface area (Å²) in [6.45, 7) is 6.03. The van der Waals surface area contributed by atoms with Gasteiger partial charge in [0, 0.05) is 18.1 Å². The quantitative estimate of drug-likeness (QED) is 0.594. The molecular formula is C19H24ClN5OS. The molecule has 0 spiro atoms. The number of hydrogen-bond acceptors (Lipinski definition) is 5. The molecule has 144 valence electrons. The maximum absolute atomic E-state index is 13.3. The van der Waals surface area contributed by atoms with Crippen LogP contribution < -0.4 is 4.90 Å². The average Bonchev–Trinajstić information content (AvgIpc) is 3.20. The van der Waals surface area contributed by atoms with E-state index in [2.05, 4.69) is 15.0 Å². The van der Waals surface area contributed by atoms with E-state index in [0.717, 1.165) is 28.9 Å². The molecule has 27 heavy (non-hydrogen) atoms. The van der Waals surface area contributed by atoms with Crippen LogP contribution in [0.5, 0.6) is 0 Å². The Balaban J connectivity index is 1.97. The van der Waals surface area contributed by atoms with E-state index in [1.54, 1.807) is 9.58 Å². The smallest absolute Gasteiger partial charge is 0.278 e. The Labute approximate surface area is 168 Å². The van der Waals surface area contributed by atoms with Crippen LogP contribution in [0, 0.1) is 6.92 Å². The Morgan fingerprint density at radius 2 is 2.04 bits per heavy atom. The lowest BCUT2D eigenvalue weighted by molar-refractivity contribution is 0.0975. The lowest BCUT2D eigenvalue weighted by Crippen LogP contribution is -2.34. The highest BCUT2D eigenvalue weighted by Crippen LogP contribution is 2.31. The number of aromatic nitrogens is 3. The maximum atomic E-state index is 13.3. The molecule has 0 aliphatic carbocycles. The summed E-state index contributed by atoms with van der Waals surface area (Å²) in [6, 6.07) is 7.44. The van der Waals surface area contributed by atoms with E-state index in [1.807, 2.05) is 52.2 Å². The second-order valence-electron chi connectivity index (χ2n) is 6.71. The van der Waals surface area contributed by atoms with Crippen LogP contribution >= 0.6 is 22.9 Å². The van der Waals surface area contributed by atoms with E-state index in [0.29, 0.717) is 28.9 Å². The van der Waals surface area contributed by atoms with Crippen molar-refractivity contribution in [3.05, 3.63) is 40.7 Å². The first-order valence-corrected chi connectivity index (χ1v) is 10.2. The summed E-state index contributed by atoms with van der Waals surface area (Å²) in [7, 11) is 4.06. The van der Waals surface area contributed by atoms with Crippen molar-refractivity contribution in [1.29, 1.82) is 0 Å². The zero-order chi connectivity index (χ0) is 19.6. The number of carbonyl (C=O) groups is 1. The molecule has 2 aromatic heterocycles. The van der Waals surface area contributed by atoms with Crippen molar-refractivity contribution in [2.75, 3.05) is 32.1 Å². The molecule has 0 fully saturated rings. The van der Waals surface area contributed by atoms with Crippen molar-refractivity contribution in [1.82, 2.24) is 19.7 Å². The van der Waals surface area contributed by atoms with E-state index in [4.69, 9.17) is 11.6 Å². The second kappa shape index (κ2) is 8.37. The highest BCUT2D eigenvalue weighted by molar-refractivity contribution is 7.22. The minimum atomic E-state index is -0.0682. The first kappa shape index (κ1) is 19.8. The zero-order valence-corrected chi connectivity index (χ0v) is 17.6. The number of aryl methyl sites for hydroxylation is 2. The number of anilines is 1. The normalized spacial score (nSPS) is 11.5. The summed E-state index contributed by atoms with van der Waals surface area (Å²) in [5.41, 5.74) is 2.28. The lowest BCUT2D eigenvalue weighted by atomic mass is 10.3. The van der Waals surface area contributed by atoms with E-state index in [-0.39, 0.29) is 5.91 Å². The third-order valence-corrected chi connectivity index (χ3v) is 5.50. The number of benzene rings is 1. The van der Waals surface area contributed by atoms with Gasteiger partial charge in [-0.1, -0.05) is 22.9 Å². The summed E-state index contributed by atoms with van der Waals surface area (Å²) >= 11 is 7.60. The van der Waals surface area contributed by atoms with Crippen molar-refractivity contribution in [2.45, 2.75) is 26.8 Å². The number of amides is 1. The largest absolute Gasteiger partial charge is 0.309 e. The van der Waals surface area contributed by atoms with Crippen LogP contribution in [-0.4, -0.2) is 52.8 Å². The van der Waals surface area contributed by atoms with Gasteiger partial charge in [-0.15, -0.1) is 0 Å². The van der Waals surface area contributed by atoms with Crippen LogP contribution in [0.25, 0.3) is 10.2 Å². The number of halogens is 1. The minimum absolute atomic E-state index is 0.0682. The van der Waals surface area contributed by atoms with Crippen molar-refractivity contribution in [2.24, 2.45) is 0 Å². The molecule has 0 N–H and O–H groups in total. The molecule has 0 radical (unpaired) electrons. The SMILES string of the molecule is CCn1nc(C)cc1C(=O)N(CCCN(C)C)c1nc2ccc(Cl)cc2s1. The van der Waals surface area contributed by atoms with Gasteiger partial charge >= 0.3 is 0 Å². The lowest BCUT2D eigenvalue weighted by Gasteiger charge is -2.21. The number of fused-ring (bicyclic) bond motifs is 1. The Morgan fingerprint density at radius 1 is 1.26 bits per heavy atom. The summed E-state index contributed by atoms with van der Waals surface area (Å²) in [4.78, 5) is 21.9. The summed E-state index contributed by atoms with van der Waals surface area (Å²) in [5.74, 6) is -0.0682. The van der Waals surface area contributed by atoms with Crippen LogP contribution in [0.15, 0.2) is 24.3 Å². The van der Waals surface area contributed by atoms with E-state index in [9.17, 15) is 4.79 Å². The van der Waals surface area contributed by atoms with Gasteiger partial charge in [0.2, 0.25) is 0 Å². The fourth-order valence-corrected chi connectivity index (χ4v) is 4.19. The third-order valence-electron chi connectivity index (χ3n) is 4.22. The summed E-state index contributed by atoms with van der Waals surface area (Å²) in [6.07, 6.45) is 0.856. The van der Waals surface area contributed by atoms with E-state index in [1.165, 1.54) is 11.3 Å². The highest BCUT2D eigenvalue weighted by atomic mass is 35.5. The average molecular weight is 406 g/mol. The van der Waals surface area contributed by atoms with Crippen LogP contribution in [0.4, 0.5) is 5.13 Å². The molecular weight excluding hydrogens is 382 g/mol. The van der Waals surface area contributed by atoms with Crippen molar-refractivity contribution in [3.8, 4) is 0 Å². The Hall–Kier alpha value is -1.96. The predicted octanol–water partition coefficient (Wildman–Crippen LogP) is 4.07. The predicted molar refractivity (Wildman–Crippen MR) is 112 cm³/mol. The Morgan fingerprint density at radius 3 is 2.74 bits per heavy atom. The number of carbonyl (C=O) groups excluding carboxylic acids is 1. The number of hydrogen-bond donors (Lipinski definition) is 0. The molecule has 1 aromatic carbocycles. The van der Waals surface area contributed by atoms with Crippen molar-refractivity contribution >= 4 is 44.2 Å². The molecule has 3 rings (SSSR count). The van der Waals surface area contributed by atoms with Crippen LogP contribution in [-0.2, 0) is 6.54 Å². The van der Waals surface area contributed by atoms with Gasteiger partial charge in [-0.3, -0.25) is 14.4 Å². The van der Waals surface area contributed by atoms with Gasteiger partial charge in [0.15, 0.2) is 5.13 Å². The third kappa shape index (κ3) is 4.48. The highest BCUT2D eigenvalue weighted by Gasteiger charge is 2.24. The zero-order valence-electron chi connectivity index (χ0n) is 16.1. The van der Waals surface area contributed by atoms with Gasteiger partial charge in [0.25, 0.3) is 5.91 Å². The molecule has 0 saturated carbocycles. The van der Waals surface area contributed by atoms with Crippen molar-refractivity contribution < 1.29 is 4.79 Å². The Bertz CT molecular complexity index is 949. The molecule has 0 aliphatic heterocycles. The molecule has 0 saturated heterocycles. The van der Waals surface area contributed by atoms with Crippen LogP contribution in [0.1, 0.15) is 29.5 Å². The van der Waals surface area contributed by atoms with E-state index < -0.39 is 0 Å². The molecule has 1 amide bonds. The maximum Gasteiger partial charge on any atom is 0.278 e. The number of thiazole rings is 1. The minimum Gasteiger partial charge on any atom is -0.309 e. The molecule has 0 bridgehead atoms. The van der Waals surface area contributed by atoms with Crippen LogP contribution in [0.3, 0.4) is 0 Å². The number of rotatable bonds is 7. The van der Waals surface area contributed by atoms with Gasteiger partial charge in [-0.2, -0.15) is 5.10 Å². The number of nitrogens with zero attached hydrogens (tertiary/aromatic N) is 5. The molecule has 0 aliphatic rings. The van der Waals surface area contributed by atoms with E-state index >= 15 is 0 Å². The second-order valence-corrected chi connectivity index (χ2v) is 8.15. The van der Waals surface area contributed by atoms with Gasteiger partial charge in [0.05, 0.1) is 15.9 Å². The topological polar surface area (TPSA) is 54.3 Å². The standard InChI is InChI=1S/C19H24ClN5OS/c1-5-25-16(11-13(2)22-25)18(26)24(10-6-9-23(3)4)19-21-15-8-7-14(20)12-17(15)27-19/h7-8,11-12H,5-6,9-10H2,1-4H3. The van der Waals surface area contributed by atoms with Crippen molar-refractivity contribution in [3.63, 3.8) is 0 Å². The first-order valence-electron chi connectivity index (χ1n) is 8.96. The fourth-order valence-electron chi connectivity index (χ4n) is 2.93. The molecule has 2 heterocycles. The molecule has 8 heteroatoms. The Kier molecular flexibility index (Phi) is 6.14. The fraction of sp³-hybridized carbons (Fsp3) is 0.421. The van der Waals surface area contributed by atoms with Gasteiger partial charge in [-0.05, 0) is 65.2 Å². The first-order chi connectivity index (χ1) is 12.9.